The average molecular weight is 404 g/mol. The summed E-state index contributed by atoms with van der Waals surface area (Å²) in [6.07, 6.45) is 9.57. The predicted octanol–water partition coefficient (Wildman–Crippen LogP) is 1.60. The number of benzene rings is 1. The maximum atomic E-state index is 13.2. The van der Waals surface area contributed by atoms with E-state index in [1.54, 1.807) is 4.90 Å². The predicted molar refractivity (Wildman–Crippen MR) is 111 cm³/mol. The first kappa shape index (κ1) is 19.6. The van der Waals surface area contributed by atoms with Crippen molar-refractivity contribution in [3.05, 3.63) is 67.0 Å². The van der Waals surface area contributed by atoms with Gasteiger partial charge in [0.15, 0.2) is 0 Å². The molecule has 3 heterocycles. The van der Waals surface area contributed by atoms with Gasteiger partial charge >= 0.3 is 0 Å². The van der Waals surface area contributed by atoms with Gasteiger partial charge in [-0.2, -0.15) is 0 Å². The highest BCUT2D eigenvalue weighted by molar-refractivity contribution is 5.96. The molecule has 2 saturated heterocycles. The number of carbonyl (C=O) groups is 3. The van der Waals surface area contributed by atoms with E-state index in [9.17, 15) is 14.4 Å². The van der Waals surface area contributed by atoms with Gasteiger partial charge in [-0.25, -0.2) is 0 Å². The van der Waals surface area contributed by atoms with Crippen LogP contribution in [0.25, 0.3) is 0 Å². The number of piperidine rings is 1. The van der Waals surface area contributed by atoms with Gasteiger partial charge in [0.2, 0.25) is 17.7 Å². The van der Waals surface area contributed by atoms with Crippen LogP contribution in [0.5, 0.6) is 0 Å². The number of hydrogen-bond acceptors (Lipinski definition) is 3. The fraction of sp³-hybridized carbons (Fsp3) is 0.417. The molecule has 0 N–H and O–H groups in total. The Morgan fingerprint density at radius 3 is 2.43 bits per heavy atom. The van der Waals surface area contributed by atoms with Gasteiger partial charge in [-0.3, -0.25) is 14.4 Å². The Kier molecular flexibility index (Phi) is 5.25. The van der Waals surface area contributed by atoms with Crippen molar-refractivity contribution >= 4 is 17.7 Å². The molecule has 1 atom stereocenters. The first-order chi connectivity index (χ1) is 14.6. The maximum absolute atomic E-state index is 13.2. The Morgan fingerprint density at radius 2 is 1.67 bits per heavy atom. The molecule has 3 amide bonds. The van der Waals surface area contributed by atoms with Crippen molar-refractivity contribution < 1.29 is 14.4 Å². The molecule has 30 heavy (non-hydrogen) atoms. The molecule has 155 valence electrons. The Labute approximate surface area is 178 Å². The fourth-order valence-electron chi connectivity index (χ4n) is 5.13. The molecular formula is C24H26N3O3. The van der Waals surface area contributed by atoms with Crippen LogP contribution in [0, 0.1) is 37.5 Å². The second kappa shape index (κ2) is 8.05. The molecule has 0 spiro atoms. The molecule has 0 bridgehead atoms. The van der Waals surface area contributed by atoms with E-state index in [1.165, 1.54) is 11.1 Å². The topological polar surface area (TPSA) is 60.9 Å². The van der Waals surface area contributed by atoms with Crippen LogP contribution in [0.15, 0.2) is 24.3 Å². The summed E-state index contributed by atoms with van der Waals surface area (Å²) < 4.78 is 0. The molecule has 1 aliphatic carbocycles. The molecule has 1 saturated carbocycles. The van der Waals surface area contributed by atoms with Crippen LogP contribution in [0.1, 0.15) is 30.0 Å². The summed E-state index contributed by atoms with van der Waals surface area (Å²) in [7, 11) is 0. The highest BCUT2D eigenvalue weighted by atomic mass is 16.2. The number of nitrogens with zero attached hydrogens (tertiary/aromatic N) is 3. The third-order valence-electron chi connectivity index (χ3n) is 6.80. The van der Waals surface area contributed by atoms with Crippen LogP contribution in [-0.4, -0.2) is 65.1 Å². The highest BCUT2D eigenvalue weighted by Crippen LogP contribution is 2.34. The minimum Gasteiger partial charge on any atom is -0.342 e. The summed E-state index contributed by atoms with van der Waals surface area (Å²) in [6, 6.07) is 8.21. The van der Waals surface area contributed by atoms with Crippen LogP contribution in [-0.2, 0) is 20.8 Å². The molecule has 1 unspecified atom stereocenters. The van der Waals surface area contributed by atoms with Crippen molar-refractivity contribution in [2.75, 3.05) is 32.7 Å². The molecule has 1 aromatic rings. The average Bonchev–Trinajstić information content (AvgIpc) is 3.33. The lowest BCUT2D eigenvalue weighted by atomic mass is 9.89. The molecule has 6 heteroatoms. The van der Waals surface area contributed by atoms with Crippen molar-refractivity contribution in [2.45, 2.75) is 25.3 Å². The largest absolute Gasteiger partial charge is 0.342 e. The Bertz CT molecular complexity index is 840. The minimum atomic E-state index is -0.119. The summed E-state index contributed by atoms with van der Waals surface area (Å²) in [5.74, 6) is 0.724. The van der Waals surface area contributed by atoms with Gasteiger partial charge < -0.3 is 14.7 Å². The van der Waals surface area contributed by atoms with E-state index < -0.39 is 0 Å². The lowest BCUT2D eigenvalue weighted by Crippen LogP contribution is -2.57. The number of piperazine rings is 1. The number of hydrogen-bond donors (Lipinski definition) is 0. The van der Waals surface area contributed by atoms with E-state index in [0.29, 0.717) is 38.4 Å². The zero-order valence-corrected chi connectivity index (χ0v) is 17.0. The zero-order valence-electron chi connectivity index (χ0n) is 17.0. The normalized spacial score (nSPS) is 25.3. The third kappa shape index (κ3) is 3.50. The van der Waals surface area contributed by atoms with Gasteiger partial charge in [0.1, 0.15) is 0 Å². The minimum absolute atomic E-state index is 0.0357. The SMILES string of the molecule is O=C([C]1[CH][CH][CH][CH]1)N1CCC(C(=O)N2CC(=O)N3CCc4ccccc4C3C2)CC1. The third-order valence-corrected chi connectivity index (χ3v) is 6.80. The van der Waals surface area contributed by atoms with Crippen LogP contribution < -0.4 is 0 Å². The summed E-state index contributed by atoms with van der Waals surface area (Å²) >= 11 is 0. The number of fused-ring (bicyclic) bond motifs is 3. The second-order valence-electron chi connectivity index (χ2n) is 8.51. The number of rotatable bonds is 2. The van der Waals surface area contributed by atoms with E-state index in [0.717, 1.165) is 13.0 Å². The smallest absolute Gasteiger partial charge is 0.242 e. The first-order valence-electron chi connectivity index (χ1n) is 10.8. The summed E-state index contributed by atoms with van der Waals surface area (Å²) in [4.78, 5) is 44.1. The van der Waals surface area contributed by atoms with E-state index in [4.69, 9.17) is 0 Å². The molecule has 5 rings (SSSR count). The summed E-state index contributed by atoms with van der Waals surface area (Å²) in [5, 5.41) is 0. The fourth-order valence-corrected chi connectivity index (χ4v) is 5.13. The zero-order chi connectivity index (χ0) is 20.7. The monoisotopic (exact) mass is 404 g/mol. The first-order valence-corrected chi connectivity index (χ1v) is 10.8. The van der Waals surface area contributed by atoms with Crippen molar-refractivity contribution in [2.24, 2.45) is 5.92 Å². The molecule has 0 aromatic heterocycles. The van der Waals surface area contributed by atoms with Gasteiger partial charge in [0.25, 0.3) is 0 Å². The molecule has 1 aromatic carbocycles. The molecule has 6 nitrogen and oxygen atoms in total. The van der Waals surface area contributed by atoms with Gasteiger partial charge in [-0.05, 0) is 56.1 Å². The van der Waals surface area contributed by atoms with Crippen molar-refractivity contribution in [3.63, 3.8) is 0 Å². The van der Waals surface area contributed by atoms with Crippen LogP contribution in [0.2, 0.25) is 0 Å². The van der Waals surface area contributed by atoms with Crippen molar-refractivity contribution in [1.29, 1.82) is 0 Å². The molecule has 3 fully saturated rings. The van der Waals surface area contributed by atoms with Gasteiger partial charge in [-0.15, -0.1) is 0 Å². The van der Waals surface area contributed by atoms with E-state index in [-0.39, 0.29) is 36.2 Å². The van der Waals surface area contributed by atoms with E-state index in [2.05, 4.69) is 12.1 Å². The maximum Gasteiger partial charge on any atom is 0.242 e. The lowest BCUT2D eigenvalue weighted by molar-refractivity contribution is -0.152. The lowest BCUT2D eigenvalue weighted by Gasteiger charge is -2.45. The summed E-state index contributed by atoms with van der Waals surface area (Å²) in [5.41, 5.74) is 2.45. The molecule has 4 aliphatic rings. The number of carbonyl (C=O) groups excluding carboxylic acids is 3. The highest BCUT2D eigenvalue weighted by Gasteiger charge is 2.41. The van der Waals surface area contributed by atoms with Crippen LogP contribution >= 0.6 is 0 Å². The molecule has 3 aliphatic heterocycles. The Morgan fingerprint density at radius 1 is 0.933 bits per heavy atom. The van der Waals surface area contributed by atoms with Crippen molar-refractivity contribution in [1.82, 2.24) is 14.7 Å². The molecule has 5 radical (unpaired) electrons. The second-order valence-corrected chi connectivity index (χ2v) is 8.51. The van der Waals surface area contributed by atoms with Crippen LogP contribution in [0.3, 0.4) is 0 Å². The van der Waals surface area contributed by atoms with E-state index >= 15 is 0 Å². The number of amides is 3. The van der Waals surface area contributed by atoms with Gasteiger partial charge in [0.05, 0.1) is 18.5 Å². The number of likely N-dealkylation sites (tertiary alicyclic amines) is 1. The Balaban J connectivity index is 1.23. The van der Waals surface area contributed by atoms with E-state index in [1.807, 2.05) is 47.6 Å². The van der Waals surface area contributed by atoms with Crippen molar-refractivity contribution in [3.8, 4) is 0 Å². The Hall–Kier alpha value is -2.37. The van der Waals surface area contributed by atoms with Crippen LogP contribution in [0.4, 0.5) is 0 Å². The van der Waals surface area contributed by atoms with Gasteiger partial charge in [-0.1, -0.05) is 24.3 Å². The van der Waals surface area contributed by atoms with Gasteiger partial charge in [0, 0.05) is 32.1 Å². The summed E-state index contributed by atoms with van der Waals surface area (Å²) in [6.45, 7) is 2.63. The molecular weight excluding hydrogens is 378 g/mol. The standard InChI is InChI=1S/C24H26N3O3/c28-22-16-26(15-21-20-8-4-3-5-17(20)11-14-27(21)22)24(30)19-9-12-25(13-10-19)23(29)18-6-1-2-7-18/h1-8,19,21H,9-16H2. The quantitative estimate of drug-likeness (QED) is 0.752.